The van der Waals surface area contributed by atoms with Gasteiger partial charge < -0.3 is 9.64 Å². The number of ether oxygens (including phenoxy) is 1. The molecule has 0 spiro atoms. The molecular weight excluding hydrogens is 366 g/mol. The van der Waals surface area contributed by atoms with Gasteiger partial charge in [-0.2, -0.15) is 0 Å². The maximum Gasteiger partial charge on any atom is 0.263 e. The second-order valence-electron chi connectivity index (χ2n) is 7.68. The van der Waals surface area contributed by atoms with Crippen molar-refractivity contribution in [1.82, 2.24) is 4.90 Å². The van der Waals surface area contributed by atoms with E-state index in [0.29, 0.717) is 12.5 Å². The van der Waals surface area contributed by atoms with Gasteiger partial charge in [0.25, 0.3) is 5.91 Å². The number of benzene rings is 2. The van der Waals surface area contributed by atoms with Crippen LogP contribution in [0.2, 0.25) is 0 Å². The smallest absolute Gasteiger partial charge is 0.263 e. The van der Waals surface area contributed by atoms with Gasteiger partial charge in [0.2, 0.25) is 0 Å². The second-order valence-corrected chi connectivity index (χ2v) is 8.73. The Labute approximate surface area is 169 Å². The predicted molar refractivity (Wildman–Crippen MR) is 113 cm³/mol. The highest BCUT2D eigenvalue weighted by atomic mass is 32.1. The number of rotatable bonds is 3. The molecule has 2 aliphatic heterocycles. The summed E-state index contributed by atoms with van der Waals surface area (Å²) in [5.41, 5.74) is 3.64. The van der Waals surface area contributed by atoms with E-state index in [-0.39, 0.29) is 5.91 Å². The van der Waals surface area contributed by atoms with Crippen LogP contribution in [0.15, 0.2) is 60.7 Å². The third-order valence-electron chi connectivity index (χ3n) is 5.80. The third kappa shape index (κ3) is 3.33. The monoisotopic (exact) mass is 389 g/mol. The lowest BCUT2D eigenvalue weighted by Crippen LogP contribution is -2.38. The van der Waals surface area contributed by atoms with Crippen LogP contribution in [0.1, 0.15) is 33.6 Å². The van der Waals surface area contributed by atoms with Crippen LogP contribution in [0.3, 0.4) is 0 Å². The Bertz CT molecular complexity index is 987. The summed E-state index contributed by atoms with van der Waals surface area (Å²) in [5.74, 6) is 1.76. The molecule has 1 amide bonds. The maximum atomic E-state index is 13.1. The van der Waals surface area contributed by atoms with E-state index in [1.807, 2.05) is 29.2 Å². The van der Waals surface area contributed by atoms with Gasteiger partial charge in [0.15, 0.2) is 0 Å². The van der Waals surface area contributed by atoms with Crippen molar-refractivity contribution >= 4 is 17.2 Å². The van der Waals surface area contributed by atoms with Crippen molar-refractivity contribution in [3.8, 4) is 16.2 Å². The van der Waals surface area contributed by atoms with Gasteiger partial charge in [-0.1, -0.05) is 42.5 Å². The molecule has 2 aromatic carbocycles. The summed E-state index contributed by atoms with van der Waals surface area (Å²) >= 11 is 1.61. The van der Waals surface area contributed by atoms with Crippen LogP contribution in [0.4, 0.5) is 0 Å². The van der Waals surface area contributed by atoms with E-state index in [0.717, 1.165) is 54.1 Å². The summed E-state index contributed by atoms with van der Waals surface area (Å²) in [6.45, 7) is 2.26. The standard InChI is InChI=1S/C24H23NO2S/c26-24(25-12-10-18(11-13-25)14-17-6-2-1-3-7-17)22-15-19-16-27-21-9-5-4-8-20(21)23(19)28-22/h1-9,15,18H,10-14,16H2. The number of amides is 1. The lowest BCUT2D eigenvalue weighted by atomic mass is 9.90. The first-order valence-electron chi connectivity index (χ1n) is 9.96. The van der Waals surface area contributed by atoms with Crippen molar-refractivity contribution in [3.63, 3.8) is 0 Å². The van der Waals surface area contributed by atoms with Gasteiger partial charge in [-0.3, -0.25) is 4.79 Å². The molecule has 0 atom stereocenters. The largest absolute Gasteiger partial charge is 0.488 e. The summed E-state index contributed by atoms with van der Waals surface area (Å²) in [5, 5.41) is 0. The van der Waals surface area contributed by atoms with Crippen LogP contribution < -0.4 is 4.74 Å². The molecule has 1 fully saturated rings. The number of thiophene rings is 1. The van der Waals surface area contributed by atoms with E-state index in [9.17, 15) is 4.79 Å². The summed E-state index contributed by atoms with van der Waals surface area (Å²) in [4.78, 5) is 17.1. The van der Waals surface area contributed by atoms with Gasteiger partial charge >= 0.3 is 0 Å². The molecule has 0 N–H and O–H groups in total. The molecule has 5 rings (SSSR count). The molecule has 3 heterocycles. The van der Waals surface area contributed by atoms with Crippen molar-refractivity contribution in [2.24, 2.45) is 5.92 Å². The zero-order chi connectivity index (χ0) is 18.9. The Morgan fingerprint density at radius 2 is 1.79 bits per heavy atom. The van der Waals surface area contributed by atoms with Gasteiger partial charge in [0.05, 0.1) is 4.88 Å². The molecule has 3 aromatic rings. The first-order chi connectivity index (χ1) is 13.8. The molecule has 2 aliphatic rings. The lowest BCUT2D eigenvalue weighted by Gasteiger charge is -2.31. The lowest BCUT2D eigenvalue weighted by molar-refractivity contribution is 0.0695. The van der Waals surface area contributed by atoms with Gasteiger partial charge in [-0.25, -0.2) is 0 Å². The number of nitrogens with zero attached hydrogens (tertiary/aromatic N) is 1. The van der Waals surface area contributed by atoms with Gasteiger partial charge in [0, 0.05) is 29.1 Å². The van der Waals surface area contributed by atoms with Crippen molar-refractivity contribution in [2.45, 2.75) is 25.9 Å². The van der Waals surface area contributed by atoms with Crippen molar-refractivity contribution in [2.75, 3.05) is 13.1 Å². The Morgan fingerprint density at radius 1 is 1.04 bits per heavy atom. The fourth-order valence-electron chi connectivity index (χ4n) is 4.25. The Kier molecular flexibility index (Phi) is 4.65. The summed E-state index contributed by atoms with van der Waals surface area (Å²) < 4.78 is 5.84. The molecule has 0 unspecified atom stereocenters. The maximum absolute atomic E-state index is 13.1. The Morgan fingerprint density at radius 3 is 2.61 bits per heavy atom. The average Bonchev–Trinajstić information content (AvgIpc) is 3.19. The van der Waals surface area contributed by atoms with Gasteiger partial charge in [-0.15, -0.1) is 11.3 Å². The van der Waals surface area contributed by atoms with E-state index in [2.05, 4.69) is 36.4 Å². The quantitative estimate of drug-likeness (QED) is 0.600. The molecule has 0 bridgehead atoms. The van der Waals surface area contributed by atoms with Crippen LogP contribution in [0, 0.1) is 5.92 Å². The third-order valence-corrected chi connectivity index (χ3v) is 7.00. The van der Waals surface area contributed by atoms with E-state index in [1.54, 1.807) is 11.3 Å². The fourth-order valence-corrected chi connectivity index (χ4v) is 5.41. The van der Waals surface area contributed by atoms with Crippen LogP contribution in [0.25, 0.3) is 10.4 Å². The van der Waals surface area contributed by atoms with E-state index in [4.69, 9.17) is 4.74 Å². The Hall–Kier alpha value is -2.59. The fraction of sp³-hybridized carbons (Fsp3) is 0.292. The summed E-state index contributed by atoms with van der Waals surface area (Å²) in [7, 11) is 0. The highest BCUT2D eigenvalue weighted by molar-refractivity contribution is 7.17. The number of carbonyl (C=O) groups is 1. The van der Waals surface area contributed by atoms with Crippen LogP contribution in [-0.4, -0.2) is 23.9 Å². The zero-order valence-corrected chi connectivity index (χ0v) is 16.6. The highest BCUT2D eigenvalue weighted by Gasteiger charge is 2.27. The Balaban J connectivity index is 1.27. The number of carbonyl (C=O) groups excluding carboxylic acids is 1. The zero-order valence-electron chi connectivity index (χ0n) is 15.8. The van der Waals surface area contributed by atoms with Gasteiger partial charge in [0.1, 0.15) is 12.4 Å². The second kappa shape index (κ2) is 7.44. The van der Waals surface area contributed by atoms with E-state index >= 15 is 0 Å². The number of hydrogen-bond donors (Lipinski definition) is 0. The van der Waals surface area contributed by atoms with Crippen LogP contribution in [-0.2, 0) is 13.0 Å². The molecule has 0 radical (unpaired) electrons. The molecule has 1 saturated heterocycles. The first kappa shape index (κ1) is 17.5. The van der Waals surface area contributed by atoms with Crippen molar-refractivity contribution < 1.29 is 9.53 Å². The van der Waals surface area contributed by atoms with E-state index in [1.165, 1.54) is 10.4 Å². The number of para-hydroxylation sites is 1. The van der Waals surface area contributed by atoms with Crippen molar-refractivity contribution in [3.05, 3.63) is 76.7 Å². The summed E-state index contributed by atoms with van der Waals surface area (Å²) in [6, 6.07) is 20.8. The molecule has 0 aliphatic carbocycles. The molecular formula is C24H23NO2S. The minimum absolute atomic E-state index is 0.176. The number of piperidine rings is 1. The molecule has 3 nitrogen and oxygen atoms in total. The van der Waals surface area contributed by atoms with Gasteiger partial charge in [-0.05, 0) is 48.9 Å². The summed E-state index contributed by atoms with van der Waals surface area (Å²) in [6.07, 6.45) is 3.28. The molecule has 4 heteroatoms. The minimum Gasteiger partial charge on any atom is -0.488 e. The minimum atomic E-state index is 0.176. The van der Waals surface area contributed by atoms with Crippen LogP contribution >= 0.6 is 11.3 Å². The SMILES string of the molecule is O=C(c1cc2c(s1)-c1ccccc1OC2)N1CCC(Cc2ccccc2)CC1. The molecule has 0 saturated carbocycles. The number of fused-ring (bicyclic) bond motifs is 3. The highest BCUT2D eigenvalue weighted by Crippen LogP contribution is 2.42. The van der Waals surface area contributed by atoms with E-state index < -0.39 is 0 Å². The molecule has 142 valence electrons. The number of hydrogen-bond acceptors (Lipinski definition) is 3. The van der Waals surface area contributed by atoms with Crippen LogP contribution in [0.5, 0.6) is 5.75 Å². The predicted octanol–water partition coefficient (Wildman–Crippen LogP) is 5.40. The van der Waals surface area contributed by atoms with Crippen molar-refractivity contribution in [1.29, 1.82) is 0 Å². The average molecular weight is 390 g/mol. The molecule has 28 heavy (non-hydrogen) atoms. The normalized spacial score (nSPS) is 16.2. The number of likely N-dealkylation sites (tertiary alicyclic amines) is 1. The topological polar surface area (TPSA) is 29.5 Å². The molecule has 1 aromatic heterocycles. The first-order valence-corrected chi connectivity index (χ1v) is 10.8.